The number of ether oxygens (including phenoxy) is 1. The topological polar surface area (TPSA) is 63.7 Å². The van der Waals surface area contributed by atoms with E-state index in [1.54, 1.807) is 0 Å². The van der Waals surface area contributed by atoms with Crippen molar-refractivity contribution in [2.45, 2.75) is 12.8 Å². The second-order valence-corrected chi connectivity index (χ2v) is 6.21. The molecule has 22 heavy (non-hydrogen) atoms. The average molecular weight is 341 g/mol. The fourth-order valence-corrected chi connectivity index (χ4v) is 3.09. The molecule has 0 radical (unpaired) electrons. The van der Waals surface area contributed by atoms with Crippen molar-refractivity contribution in [2.75, 3.05) is 17.2 Å². The van der Waals surface area contributed by atoms with Crippen molar-refractivity contribution in [1.29, 1.82) is 0 Å². The maximum Gasteiger partial charge on any atom is 0.573 e. The van der Waals surface area contributed by atoms with Gasteiger partial charge in [0, 0.05) is 18.9 Å². The van der Waals surface area contributed by atoms with Crippen LogP contribution in [0.4, 0.5) is 22.7 Å². The Balaban J connectivity index is 2.24. The number of nitrogens with zero attached hydrogens (tertiary/aromatic N) is 1. The zero-order chi connectivity index (χ0) is 16.5. The molecule has 1 aliphatic heterocycles. The number of anilines is 1. The molecule has 0 aromatic heterocycles. The van der Waals surface area contributed by atoms with Crippen LogP contribution in [0, 0.1) is 5.92 Å². The van der Waals surface area contributed by atoms with Gasteiger partial charge in [0.15, 0.2) is 5.75 Å². The Morgan fingerprint density at radius 2 is 1.91 bits per heavy atom. The second kappa shape index (κ2) is 5.75. The minimum absolute atomic E-state index is 0.136. The van der Waals surface area contributed by atoms with E-state index in [2.05, 4.69) is 4.74 Å². The van der Waals surface area contributed by atoms with Gasteiger partial charge >= 0.3 is 16.6 Å². The molecule has 1 aliphatic rings. The molecule has 0 spiro atoms. The van der Waals surface area contributed by atoms with Crippen LogP contribution in [0.3, 0.4) is 0 Å². The number of carbonyl (C=O) groups excluding carboxylic acids is 1. The van der Waals surface area contributed by atoms with Gasteiger partial charge in [-0.3, -0.25) is 4.79 Å². The largest absolute Gasteiger partial charge is 0.573 e. The first-order valence-corrected chi connectivity index (χ1v) is 7.68. The van der Waals surface area contributed by atoms with E-state index in [-0.39, 0.29) is 18.7 Å². The van der Waals surface area contributed by atoms with Gasteiger partial charge < -0.3 is 9.64 Å². The molecule has 1 aromatic rings. The van der Waals surface area contributed by atoms with Gasteiger partial charge in [0.25, 0.3) is 0 Å². The van der Waals surface area contributed by atoms with Crippen molar-refractivity contribution in [2.24, 2.45) is 5.92 Å². The van der Waals surface area contributed by atoms with Crippen LogP contribution in [0.1, 0.15) is 6.42 Å². The molecule has 0 saturated carbocycles. The minimum Gasteiger partial charge on any atom is -0.404 e. The number of carbonyl (C=O) groups is 1. The van der Waals surface area contributed by atoms with Crippen LogP contribution >= 0.6 is 0 Å². The second-order valence-electron chi connectivity index (χ2n) is 4.80. The van der Waals surface area contributed by atoms with Crippen molar-refractivity contribution >= 4 is 21.8 Å². The van der Waals surface area contributed by atoms with E-state index in [1.165, 1.54) is 18.2 Å². The Labute approximate surface area is 123 Å². The molecule has 122 valence electrons. The first-order chi connectivity index (χ1) is 10.1. The maximum atomic E-state index is 12.7. The molecule has 2 rings (SSSR count). The number of alkyl halides is 3. The van der Waals surface area contributed by atoms with Crippen LogP contribution in [-0.2, 0) is 15.0 Å². The third kappa shape index (κ3) is 4.33. The monoisotopic (exact) mass is 341 g/mol. The Bertz CT molecular complexity index is 674. The Kier molecular flexibility index (Phi) is 4.32. The first-order valence-electron chi connectivity index (χ1n) is 6.12. The number of halogens is 4. The van der Waals surface area contributed by atoms with Gasteiger partial charge in [-0.1, -0.05) is 12.1 Å². The molecule has 1 aromatic carbocycles. The molecular weight excluding hydrogens is 330 g/mol. The SMILES string of the molecule is O=C1CC(CS(=O)(=O)F)CN1c1ccccc1OC(F)(F)F. The zero-order valence-electron chi connectivity index (χ0n) is 11.0. The fourth-order valence-electron chi connectivity index (χ4n) is 2.30. The quantitative estimate of drug-likeness (QED) is 0.622. The molecule has 1 unspecified atom stereocenters. The van der Waals surface area contributed by atoms with Crippen LogP contribution in [0.25, 0.3) is 0 Å². The molecule has 0 N–H and O–H groups in total. The van der Waals surface area contributed by atoms with Crippen LogP contribution in [0.15, 0.2) is 24.3 Å². The van der Waals surface area contributed by atoms with E-state index in [0.29, 0.717) is 0 Å². The summed E-state index contributed by atoms with van der Waals surface area (Å²) in [6.45, 7) is -0.194. The molecule has 5 nitrogen and oxygen atoms in total. The predicted molar refractivity (Wildman–Crippen MR) is 68.5 cm³/mol. The Morgan fingerprint density at radius 3 is 2.50 bits per heavy atom. The van der Waals surface area contributed by atoms with E-state index in [4.69, 9.17) is 0 Å². The molecule has 0 bridgehead atoms. The number of benzene rings is 1. The van der Waals surface area contributed by atoms with Crippen molar-refractivity contribution in [3.8, 4) is 5.75 Å². The van der Waals surface area contributed by atoms with Crippen molar-refractivity contribution in [3.05, 3.63) is 24.3 Å². The summed E-state index contributed by atoms with van der Waals surface area (Å²) in [5, 5.41) is 0. The minimum atomic E-state index is -4.93. The third-order valence-corrected chi connectivity index (χ3v) is 3.89. The summed E-state index contributed by atoms with van der Waals surface area (Å²) >= 11 is 0. The van der Waals surface area contributed by atoms with E-state index in [1.807, 2.05) is 0 Å². The van der Waals surface area contributed by atoms with Gasteiger partial charge in [0.1, 0.15) is 0 Å². The van der Waals surface area contributed by atoms with Crippen molar-refractivity contribution < 1.29 is 35.0 Å². The van der Waals surface area contributed by atoms with Gasteiger partial charge in [-0.15, -0.1) is 17.1 Å². The third-order valence-electron chi connectivity index (χ3n) is 3.02. The van der Waals surface area contributed by atoms with Gasteiger partial charge in [0.05, 0.1) is 11.4 Å². The normalized spacial score (nSPS) is 19.5. The van der Waals surface area contributed by atoms with E-state index < -0.39 is 39.9 Å². The highest BCUT2D eigenvalue weighted by Gasteiger charge is 2.37. The standard InChI is InChI=1S/C12H11F4NO4S/c13-12(14,15)21-10-4-2-1-3-9(10)17-6-8(5-11(17)18)7-22(16,19)20/h1-4,8H,5-7H2. The molecule has 1 fully saturated rings. The highest BCUT2D eigenvalue weighted by Crippen LogP contribution is 2.36. The van der Waals surface area contributed by atoms with Crippen LogP contribution in [-0.4, -0.2) is 33.0 Å². The van der Waals surface area contributed by atoms with E-state index in [0.717, 1.165) is 11.0 Å². The molecular formula is C12H11F4NO4S. The van der Waals surface area contributed by atoms with Gasteiger partial charge in [-0.25, -0.2) is 0 Å². The number of rotatable bonds is 4. The molecule has 1 saturated heterocycles. The number of hydrogen-bond donors (Lipinski definition) is 0. The fraction of sp³-hybridized carbons (Fsp3) is 0.417. The van der Waals surface area contributed by atoms with Crippen molar-refractivity contribution in [1.82, 2.24) is 0 Å². The van der Waals surface area contributed by atoms with E-state index >= 15 is 0 Å². The number of para-hydroxylation sites is 2. The first kappa shape index (κ1) is 16.5. The summed E-state index contributed by atoms with van der Waals surface area (Å²) < 4.78 is 74.8. The summed E-state index contributed by atoms with van der Waals surface area (Å²) in [6.07, 6.45) is -5.19. The van der Waals surface area contributed by atoms with Crippen LogP contribution in [0.2, 0.25) is 0 Å². The molecule has 1 heterocycles. The lowest BCUT2D eigenvalue weighted by Gasteiger charge is -2.20. The van der Waals surface area contributed by atoms with Crippen LogP contribution in [0.5, 0.6) is 5.75 Å². The van der Waals surface area contributed by atoms with Crippen molar-refractivity contribution in [3.63, 3.8) is 0 Å². The molecule has 10 heteroatoms. The number of amides is 1. The highest BCUT2D eigenvalue weighted by atomic mass is 32.3. The summed E-state index contributed by atoms with van der Waals surface area (Å²) in [7, 11) is -4.77. The summed E-state index contributed by atoms with van der Waals surface area (Å²) in [5.41, 5.74) is -0.136. The molecule has 1 amide bonds. The molecule has 0 aliphatic carbocycles. The lowest BCUT2D eigenvalue weighted by atomic mass is 10.1. The lowest BCUT2D eigenvalue weighted by Crippen LogP contribution is -2.27. The zero-order valence-corrected chi connectivity index (χ0v) is 11.8. The Morgan fingerprint density at radius 1 is 1.27 bits per heavy atom. The molecule has 1 atom stereocenters. The average Bonchev–Trinajstić information content (AvgIpc) is 2.66. The smallest absolute Gasteiger partial charge is 0.404 e. The maximum absolute atomic E-state index is 12.7. The highest BCUT2D eigenvalue weighted by molar-refractivity contribution is 7.86. The summed E-state index contributed by atoms with van der Waals surface area (Å²) in [5.74, 6) is -2.84. The Hall–Kier alpha value is -1.84. The van der Waals surface area contributed by atoms with Gasteiger partial charge in [-0.2, -0.15) is 8.42 Å². The van der Waals surface area contributed by atoms with E-state index in [9.17, 15) is 30.3 Å². The van der Waals surface area contributed by atoms with Gasteiger partial charge in [0.2, 0.25) is 5.91 Å². The lowest BCUT2D eigenvalue weighted by molar-refractivity contribution is -0.274. The number of hydrogen-bond acceptors (Lipinski definition) is 4. The summed E-state index contributed by atoms with van der Waals surface area (Å²) in [4.78, 5) is 12.8. The predicted octanol–water partition coefficient (Wildman–Crippen LogP) is 2.24. The van der Waals surface area contributed by atoms with Gasteiger partial charge in [-0.05, 0) is 12.1 Å². The summed E-state index contributed by atoms with van der Waals surface area (Å²) in [6, 6.07) is 4.99. The van der Waals surface area contributed by atoms with Crippen LogP contribution < -0.4 is 9.64 Å².